The molecule has 0 aliphatic rings. The van der Waals surface area contributed by atoms with E-state index >= 15 is 0 Å². The molecule has 4 heteroatoms. The third kappa shape index (κ3) is 2.57. The number of phenolic OH excluding ortho intramolecular Hbond substituents is 1. The standard InChI is InChI=1S/C17H11F3O/c18-17(19,20)13-7-5-11(6-8-13)16-10-14(21)9-12-3-1-2-4-15(12)16/h1-10,21H. The van der Waals surface area contributed by atoms with Crippen LogP contribution in [0.3, 0.4) is 0 Å². The Labute approximate surface area is 119 Å². The van der Waals surface area contributed by atoms with E-state index in [0.29, 0.717) is 11.1 Å². The molecule has 3 rings (SSSR count). The second kappa shape index (κ2) is 4.81. The molecule has 106 valence electrons. The van der Waals surface area contributed by atoms with Gasteiger partial charge in [-0.25, -0.2) is 0 Å². The van der Waals surface area contributed by atoms with E-state index in [-0.39, 0.29) is 5.75 Å². The number of hydrogen-bond donors (Lipinski definition) is 1. The van der Waals surface area contributed by atoms with E-state index in [0.717, 1.165) is 22.9 Å². The van der Waals surface area contributed by atoms with Gasteiger partial charge in [0.25, 0.3) is 0 Å². The number of benzene rings is 3. The number of alkyl halides is 3. The zero-order valence-corrected chi connectivity index (χ0v) is 10.9. The van der Waals surface area contributed by atoms with Crippen LogP contribution in [0.4, 0.5) is 13.2 Å². The van der Waals surface area contributed by atoms with Crippen LogP contribution in [0.25, 0.3) is 21.9 Å². The van der Waals surface area contributed by atoms with Crippen LogP contribution >= 0.6 is 0 Å². The lowest BCUT2D eigenvalue weighted by Gasteiger charge is -2.10. The zero-order valence-electron chi connectivity index (χ0n) is 10.9. The summed E-state index contributed by atoms with van der Waals surface area (Å²) in [5.74, 6) is 0.0867. The predicted octanol–water partition coefficient (Wildman–Crippen LogP) is 5.23. The molecule has 0 heterocycles. The molecular formula is C17H11F3O. The summed E-state index contributed by atoms with van der Waals surface area (Å²) in [5, 5.41) is 11.5. The first-order valence-electron chi connectivity index (χ1n) is 6.34. The topological polar surface area (TPSA) is 20.2 Å². The molecule has 0 spiro atoms. The van der Waals surface area contributed by atoms with Crippen molar-refractivity contribution in [3.8, 4) is 16.9 Å². The molecule has 0 aromatic heterocycles. The van der Waals surface area contributed by atoms with Crippen LogP contribution in [0.5, 0.6) is 5.75 Å². The van der Waals surface area contributed by atoms with Gasteiger partial charge in [0.1, 0.15) is 5.75 Å². The van der Waals surface area contributed by atoms with Crippen molar-refractivity contribution < 1.29 is 18.3 Å². The molecule has 3 aromatic rings. The molecule has 3 aromatic carbocycles. The molecule has 0 atom stereocenters. The van der Waals surface area contributed by atoms with Crippen LogP contribution in [0.2, 0.25) is 0 Å². The third-order valence-corrected chi connectivity index (χ3v) is 3.37. The SMILES string of the molecule is Oc1cc(-c2ccc(C(F)(F)F)cc2)c2ccccc2c1. The number of aromatic hydroxyl groups is 1. The molecule has 0 unspecified atom stereocenters. The molecule has 1 N–H and O–H groups in total. The molecule has 0 saturated heterocycles. The minimum absolute atomic E-state index is 0.0867. The molecular weight excluding hydrogens is 277 g/mol. The van der Waals surface area contributed by atoms with Crippen LogP contribution in [-0.4, -0.2) is 5.11 Å². The molecule has 0 fully saturated rings. The average molecular weight is 288 g/mol. The first kappa shape index (κ1) is 13.5. The Morgan fingerprint density at radius 1 is 0.810 bits per heavy atom. The van der Waals surface area contributed by atoms with E-state index in [1.807, 2.05) is 24.3 Å². The fraction of sp³-hybridized carbons (Fsp3) is 0.0588. The lowest BCUT2D eigenvalue weighted by Crippen LogP contribution is -2.03. The fourth-order valence-corrected chi connectivity index (χ4v) is 2.37. The van der Waals surface area contributed by atoms with Gasteiger partial charge >= 0.3 is 6.18 Å². The van der Waals surface area contributed by atoms with E-state index in [1.54, 1.807) is 12.1 Å². The maximum Gasteiger partial charge on any atom is 0.416 e. The highest BCUT2D eigenvalue weighted by atomic mass is 19.4. The Kier molecular flexibility index (Phi) is 3.09. The van der Waals surface area contributed by atoms with Crippen LogP contribution in [-0.2, 0) is 6.18 Å². The van der Waals surface area contributed by atoms with E-state index in [9.17, 15) is 18.3 Å². The Balaban J connectivity index is 2.16. The van der Waals surface area contributed by atoms with Crippen molar-refractivity contribution in [3.63, 3.8) is 0 Å². The Hall–Kier alpha value is -2.49. The molecule has 0 radical (unpaired) electrons. The Bertz CT molecular complexity index is 789. The highest BCUT2D eigenvalue weighted by Crippen LogP contribution is 2.35. The first-order chi connectivity index (χ1) is 9.95. The molecule has 0 aliphatic heterocycles. The van der Waals surface area contributed by atoms with Crippen LogP contribution in [0.1, 0.15) is 5.56 Å². The van der Waals surface area contributed by atoms with Gasteiger partial charge in [0, 0.05) is 0 Å². The fourth-order valence-electron chi connectivity index (χ4n) is 2.37. The van der Waals surface area contributed by atoms with Crippen LogP contribution in [0.15, 0.2) is 60.7 Å². The predicted molar refractivity (Wildman–Crippen MR) is 76.1 cm³/mol. The maximum absolute atomic E-state index is 12.6. The minimum Gasteiger partial charge on any atom is -0.508 e. The Morgan fingerprint density at radius 2 is 1.48 bits per heavy atom. The summed E-state index contributed by atoms with van der Waals surface area (Å²) in [6, 6.07) is 15.6. The maximum atomic E-state index is 12.6. The summed E-state index contributed by atoms with van der Waals surface area (Å²) in [4.78, 5) is 0. The van der Waals surface area contributed by atoms with Gasteiger partial charge in [0.2, 0.25) is 0 Å². The van der Waals surface area contributed by atoms with Crippen molar-refractivity contribution in [2.75, 3.05) is 0 Å². The number of phenols is 1. The lowest BCUT2D eigenvalue weighted by atomic mass is 9.97. The van der Waals surface area contributed by atoms with Gasteiger partial charge in [-0.2, -0.15) is 13.2 Å². The smallest absolute Gasteiger partial charge is 0.416 e. The minimum atomic E-state index is -4.35. The third-order valence-electron chi connectivity index (χ3n) is 3.37. The summed E-state index contributed by atoms with van der Waals surface area (Å²) in [6.45, 7) is 0. The molecule has 1 nitrogen and oxygen atoms in total. The van der Waals surface area contributed by atoms with Gasteiger partial charge in [-0.1, -0.05) is 36.4 Å². The second-order valence-corrected chi connectivity index (χ2v) is 4.79. The van der Waals surface area contributed by atoms with Gasteiger partial charge < -0.3 is 5.11 Å². The summed E-state index contributed by atoms with van der Waals surface area (Å²) in [7, 11) is 0. The molecule has 0 saturated carbocycles. The van der Waals surface area contributed by atoms with E-state index in [2.05, 4.69) is 0 Å². The van der Waals surface area contributed by atoms with E-state index in [4.69, 9.17) is 0 Å². The second-order valence-electron chi connectivity index (χ2n) is 4.79. The van der Waals surface area contributed by atoms with Crippen molar-refractivity contribution in [1.82, 2.24) is 0 Å². The largest absolute Gasteiger partial charge is 0.508 e. The number of halogens is 3. The van der Waals surface area contributed by atoms with Gasteiger partial charge in [0.15, 0.2) is 0 Å². The number of hydrogen-bond acceptors (Lipinski definition) is 1. The van der Waals surface area contributed by atoms with E-state index < -0.39 is 11.7 Å². The van der Waals surface area contributed by atoms with Crippen LogP contribution < -0.4 is 0 Å². The van der Waals surface area contributed by atoms with Crippen LogP contribution in [0, 0.1) is 0 Å². The zero-order chi connectivity index (χ0) is 15.0. The highest BCUT2D eigenvalue weighted by Gasteiger charge is 2.30. The lowest BCUT2D eigenvalue weighted by molar-refractivity contribution is -0.137. The molecule has 0 aliphatic carbocycles. The summed E-state index contributed by atoms with van der Waals surface area (Å²) in [6.07, 6.45) is -4.35. The monoisotopic (exact) mass is 288 g/mol. The normalized spacial score (nSPS) is 11.8. The average Bonchev–Trinajstić information content (AvgIpc) is 2.45. The van der Waals surface area contributed by atoms with Crippen molar-refractivity contribution in [3.05, 3.63) is 66.2 Å². The van der Waals surface area contributed by atoms with Crippen molar-refractivity contribution in [2.45, 2.75) is 6.18 Å². The van der Waals surface area contributed by atoms with Gasteiger partial charge in [0.05, 0.1) is 5.56 Å². The molecule has 0 amide bonds. The Morgan fingerprint density at radius 3 is 2.14 bits per heavy atom. The van der Waals surface area contributed by atoms with E-state index in [1.165, 1.54) is 12.1 Å². The number of fused-ring (bicyclic) bond motifs is 1. The summed E-state index contributed by atoms with van der Waals surface area (Å²) in [5.41, 5.74) is 0.658. The molecule has 0 bridgehead atoms. The van der Waals surface area contributed by atoms with Gasteiger partial charge in [-0.15, -0.1) is 0 Å². The first-order valence-corrected chi connectivity index (χ1v) is 6.34. The summed E-state index contributed by atoms with van der Waals surface area (Å²) < 4.78 is 37.8. The quantitative estimate of drug-likeness (QED) is 0.650. The van der Waals surface area contributed by atoms with Gasteiger partial charge in [-0.3, -0.25) is 0 Å². The van der Waals surface area contributed by atoms with Crippen molar-refractivity contribution in [2.24, 2.45) is 0 Å². The summed E-state index contributed by atoms with van der Waals surface area (Å²) >= 11 is 0. The highest BCUT2D eigenvalue weighted by molar-refractivity contribution is 5.97. The molecule has 21 heavy (non-hydrogen) atoms. The van der Waals surface area contributed by atoms with Crippen molar-refractivity contribution in [1.29, 1.82) is 0 Å². The number of rotatable bonds is 1. The van der Waals surface area contributed by atoms with Crippen molar-refractivity contribution >= 4 is 10.8 Å². The van der Waals surface area contributed by atoms with Gasteiger partial charge in [-0.05, 0) is 46.2 Å².